The van der Waals surface area contributed by atoms with Gasteiger partial charge in [0.2, 0.25) is 5.91 Å². The zero-order chi connectivity index (χ0) is 24.9. The first kappa shape index (κ1) is 25.4. The molecule has 0 unspecified atom stereocenters. The van der Waals surface area contributed by atoms with Gasteiger partial charge in [-0.25, -0.2) is 13.6 Å². The van der Waals surface area contributed by atoms with Crippen molar-refractivity contribution in [2.24, 2.45) is 5.41 Å². The minimum atomic E-state index is -0.939. The van der Waals surface area contributed by atoms with Gasteiger partial charge in [-0.3, -0.25) is 4.79 Å². The molecule has 0 aromatic heterocycles. The second-order valence-electron chi connectivity index (χ2n) is 9.29. The number of ether oxygens (including phenoxy) is 1. The molecule has 2 N–H and O–H groups in total. The number of nitrogens with zero attached hydrogens (tertiary/aromatic N) is 1. The van der Waals surface area contributed by atoms with Crippen molar-refractivity contribution in [3.63, 3.8) is 0 Å². The van der Waals surface area contributed by atoms with E-state index in [0.717, 1.165) is 23.8 Å². The van der Waals surface area contributed by atoms with Crippen molar-refractivity contribution in [2.45, 2.75) is 39.3 Å². The lowest BCUT2D eigenvalue weighted by Crippen LogP contribution is -2.54. The van der Waals surface area contributed by atoms with E-state index in [-0.39, 0.29) is 37.6 Å². The number of amides is 2. The van der Waals surface area contributed by atoms with Crippen LogP contribution in [0, 0.1) is 17.0 Å². The molecule has 0 bridgehead atoms. The number of hydrogen-bond acceptors (Lipinski definition) is 4. The van der Waals surface area contributed by atoms with E-state index in [1.54, 1.807) is 11.0 Å². The molecule has 182 valence electrons. The summed E-state index contributed by atoms with van der Waals surface area (Å²) in [7, 11) is 0. The first-order chi connectivity index (χ1) is 16.1. The van der Waals surface area contributed by atoms with E-state index in [9.17, 15) is 18.4 Å². The molecule has 6 nitrogen and oxygen atoms in total. The quantitative estimate of drug-likeness (QED) is 0.584. The van der Waals surface area contributed by atoms with Crippen molar-refractivity contribution < 1.29 is 28.2 Å². The van der Waals surface area contributed by atoms with Crippen molar-refractivity contribution >= 4 is 17.6 Å². The van der Waals surface area contributed by atoms with Gasteiger partial charge in [-0.15, -0.1) is 0 Å². The third-order valence-electron chi connectivity index (χ3n) is 5.64. The van der Waals surface area contributed by atoms with Crippen LogP contribution < -0.4 is 5.32 Å². The Kier molecular flexibility index (Phi) is 8.04. The molecule has 0 saturated carbocycles. The number of benzene rings is 2. The molecule has 34 heavy (non-hydrogen) atoms. The van der Waals surface area contributed by atoms with Crippen molar-refractivity contribution in [1.82, 2.24) is 10.2 Å². The normalized spacial score (nSPS) is 16.7. The lowest BCUT2D eigenvalue weighted by Gasteiger charge is -2.35. The maximum absolute atomic E-state index is 14.5. The van der Waals surface area contributed by atoms with Gasteiger partial charge in [0.05, 0.1) is 12.6 Å². The summed E-state index contributed by atoms with van der Waals surface area (Å²) in [5, 5.41) is 11.5. The Labute approximate surface area is 198 Å². The van der Waals surface area contributed by atoms with Gasteiger partial charge in [-0.1, -0.05) is 57.2 Å². The Morgan fingerprint density at radius 1 is 1.18 bits per heavy atom. The maximum atomic E-state index is 14.5. The zero-order valence-electron chi connectivity index (χ0n) is 19.6. The average molecular weight is 473 g/mol. The molecule has 3 rings (SSSR count). The summed E-state index contributed by atoms with van der Waals surface area (Å²) in [4.78, 5) is 27.7. The molecule has 1 aliphatic rings. The van der Waals surface area contributed by atoms with Crippen molar-refractivity contribution in [3.8, 4) is 0 Å². The molecule has 2 amide bonds. The number of nitrogens with one attached hydrogen (secondary N) is 1. The van der Waals surface area contributed by atoms with Crippen LogP contribution in [-0.2, 0) is 9.53 Å². The highest BCUT2D eigenvalue weighted by Crippen LogP contribution is 2.37. The molecule has 1 heterocycles. The van der Waals surface area contributed by atoms with Gasteiger partial charge in [0.25, 0.3) is 0 Å². The molecule has 2 aromatic rings. The summed E-state index contributed by atoms with van der Waals surface area (Å²) in [6.45, 7) is 5.40. The van der Waals surface area contributed by atoms with E-state index in [1.165, 1.54) is 0 Å². The Morgan fingerprint density at radius 2 is 1.88 bits per heavy atom. The smallest absolute Gasteiger partial charge is 0.407 e. The van der Waals surface area contributed by atoms with Crippen LogP contribution in [0.2, 0.25) is 0 Å². The molecule has 0 saturated heterocycles. The van der Waals surface area contributed by atoms with Crippen LogP contribution in [0.25, 0.3) is 5.57 Å². The molecule has 2 aromatic carbocycles. The first-order valence-corrected chi connectivity index (χ1v) is 11.2. The number of rotatable bonds is 7. The molecule has 2 atom stereocenters. The van der Waals surface area contributed by atoms with E-state index >= 15 is 0 Å². The number of halogens is 2. The standard InChI is InChI=1S/C26H30F2N2O4/c1-26(2,3)23(29-25(33)34-13-7-12-31)24(32)30-16-18(20-15-19(27)10-11-21(20)28)14-22(30)17-8-5-4-6-9-17/h4-6,8-11,14-15,22-23,31H,7,12-13,16H2,1-3H3,(H,29,33)/t22-,23+/m0/s1. The largest absolute Gasteiger partial charge is 0.449 e. The van der Waals surface area contributed by atoms with Gasteiger partial charge in [0.15, 0.2) is 0 Å². The van der Waals surface area contributed by atoms with Crippen LogP contribution in [0.15, 0.2) is 54.6 Å². The van der Waals surface area contributed by atoms with Crippen molar-refractivity contribution in [3.05, 3.63) is 77.4 Å². The van der Waals surface area contributed by atoms with Gasteiger partial charge in [0.1, 0.15) is 17.7 Å². The van der Waals surface area contributed by atoms with Crippen LogP contribution in [0.1, 0.15) is 44.4 Å². The Bertz CT molecular complexity index is 1050. The maximum Gasteiger partial charge on any atom is 0.407 e. The lowest BCUT2D eigenvalue weighted by molar-refractivity contribution is -0.136. The fraction of sp³-hybridized carbons (Fsp3) is 0.385. The Hall–Kier alpha value is -3.26. The van der Waals surface area contributed by atoms with Gasteiger partial charge in [0, 0.05) is 25.1 Å². The SMILES string of the molecule is CC(C)(C)[C@H](NC(=O)OCCCO)C(=O)N1CC(c2cc(F)ccc2F)=C[C@H]1c1ccccc1. The van der Waals surface area contributed by atoms with Gasteiger partial charge in [-0.05, 0) is 34.8 Å². The topological polar surface area (TPSA) is 78.9 Å². The molecule has 0 aliphatic carbocycles. The third kappa shape index (κ3) is 5.99. The predicted molar refractivity (Wildman–Crippen MR) is 125 cm³/mol. The monoisotopic (exact) mass is 472 g/mol. The number of hydrogen-bond donors (Lipinski definition) is 2. The van der Waals surface area contributed by atoms with E-state index in [2.05, 4.69) is 5.32 Å². The van der Waals surface area contributed by atoms with E-state index < -0.39 is 35.2 Å². The van der Waals surface area contributed by atoms with E-state index in [4.69, 9.17) is 9.84 Å². The van der Waals surface area contributed by atoms with Crippen LogP contribution in [-0.4, -0.2) is 47.8 Å². The van der Waals surface area contributed by atoms with Gasteiger partial charge in [-0.2, -0.15) is 0 Å². The second-order valence-corrected chi connectivity index (χ2v) is 9.29. The number of alkyl carbamates (subject to hydrolysis) is 1. The summed E-state index contributed by atoms with van der Waals surface area (Å²) >= 11 is 0. The van der Waals surface area contributed by atoms with Crippen LogP contribution in [0.5, 0.6) is 0 Å². The molecule has 8 heteroatoms. The fourth-order valence-corrected chi connectivity index (χ4v) is 3.88. The summed E-state index contributed by atoms with van der Waals surface area (Å²) in [5.41, 5.74) is 0.722. The Balaban J connectivity index is 1.93. The molecule has 1 aliphatic heterocycles. The number of aliphatic hydroxyl groups is 1. The molecular weight excluding hydrogens is 442 g/mol. The number of carbonyl (C=O) groups is 2. The summed E-state index contributed by atoms with van der Waals surface area (Å²) < 4.78 is 33.5. The minimum Gasteiger partial charge on any atom is -0.449 e. The third-order valence-corrected chi connectivity index (χ3v) is 5.64. The second kappa shape index (κ2) is 10.8. The fourth-order valence-electron chi connectivity index (χ4n) is 3.88. The first-order valence-electron chi connectivity index (χ1n) is 11.2. The highest BCUT2D eigenvalue weighted by molar-refractivity contribution is 5.90. The van der Waals surface area contributed by atoms with E-state index in [1.807, 2.05) is 51.1 Å². The Morgan fingerprint density at radius 3 is 2.53 bits per heavy atom. The number of carbonyl (C=O) groups excluding carboxylic acids is 2. The summed E-state index contributed by atoms with van der Waals surface area (Å²) in [5.74, 6) is -1.52. The average Bonchev–Trinajstić information content (AvgIpc) is 3.24. The van der Waals surface area contributed by atoms with E-state index in [0.29, 0.717) is 5.57 Å². The highest BCUT2D eigenvalue weighted by atomic mass is 19.1. The lowest BCUT2D eigenvalue weighted by atomic mass is 9.85. The number of aliphatic hydroxyl groups excluding tert-OH is 1. The van der Waals surface area contributed by atoms with Crippen LogP contribution >= 0.6 is 0 Å². The zero-order valence-corrected chi connectivity index (χ0v) is 19.6. The van der Waals surface area contributed by atoms with Gasteiger partial charge >= 0.3 is 6.09 Å². The summed E-state index contributed by atoms with van der Waals surface area (Å²) in [6.07, 6.45) is 1.28. The van der Waals surface area contributed by atoms with Crippen LogP contribution in [0.4, 0.5) is 13.6 Å². The minimum absolute atomic E-state index is 0.0221. The summed E-state index contributed by atoms with van der Waals surface area (Å²) in [6, 6.07) is 11.0. The van der Waals surface area contributed by atoms with Crippen molar-refractivity contribution in [1.29, 1.82) is 0 Å². The van der Waals surface area contributed by atoms with Crippen LogP contribution in [0.3, 0.4) is 0 Å². The van der Waals surface area contributed by atoms with Gasteiger partial charge < -0.3 is 20.1 Å². The van der Waals surface area contributed by atoms with Crippen molar-refractivity contribution in [2.75, 3.05) is 19.8 Å². The molecule has 0 radical (unpaired) electrons. The molecule has 0 spiro atoms. The predicted octanol–water partition coefficient (Wildman–Crippen LogP) is 4.46. The molecule has 0 fully saturated rings. The highest BCUT2D eigenvalue weighted by Gasteiger charge is 2.41. The molecular formula is C26H30F2N2O4.